The molecule has 2 saturated heterocycles. The van der Waals surface area contributed by atoms with Crippen LogP contribution in [0.25, 0.3) is 0 Å². The summed E-state index contributed by atoms with van der Waals surface area (Å²) in [6.07, 6.45) is 2.19. The monoisotopic (exact) mass is 491 g/mol. The van der Waals surface area contributed by atoms with E-state index in [2.05, 4.69) is 16.8 Å². The van der Waals surface area contributed by atoms with E-state index in [0.717, 1.165) is 17.0 Å². The molecule has 4 rings (SSSR count). The van der Waals surface area contributed by atoms with Crippen molar-refractivity contribution in [1.29, 1.82) is 0 Å². The summed E-state index contributed by atoms with van der Waals surface area (Å²) in [4.78, 5) is 46.7. The molecule has 2 aliphatic heterocycles. The number of benzene rings is 2. The first kappa shape index (κ1) is 24.6. The number of rotatable bonds is 2. The largest absolute Gasteiger partial charge is 0.404 e. The normalized spacial score (nSPS) is 20.5. The number of amides is 4. The zero-order valence-electron chi connectivity index (χ0n) is 19.7. The SMILES string of the molecule is CN=C(C=CN)N1CCN2C(=O)N(c3c(F)cc(C#Cc4ccccc4)cc3F)C(=O)CC2(C)C1=O. The molecule has 0 aliphatic carbocycles. The molecular formula is C26H23F2N5O3. The molecule has 0 saturated carbocycles. The van der Waals surface area contributed by atoms with Crippen LogP contribution in [0.4, 0.5) is 19.3 Å². The number of anilines is 1. The van der Waals surface area contributed by atoms with Crippen molar-refractivity contribution in [2.45, 2.75) is 18.9 Å². The second-order valence-electron chi connectivity index (χ2n) is 8.42. The van der Waals surface area contributed by atoms with Gasteiger partial charge in [-0.15, -0.1) is 0 Å². The van der Waals surface area contributed by atoms with E-state index in [0.29, 0.717) is 10.5 Å². The van der Waals surface area contributed by atoms with Gasteiger partial charge in [-0.3, -0.25) is 19.5 Å². The molecule has 10 heteroatoms. The molecular weight excluding hydrogens is 468 g/mol. The van der Waals surface area contributed by atoms with E-state index < -0.39 is 47.1 Å². The van der Waals surface area contributed by atoms with Crippen LogP contribution < -0.4 is 10.6 Å². The van der Waals surface area contributed by atoms with Gasteiger partial charge in [0, 0.05) is 31.3 Å². The number of nitrogens with two attached hydrogens (primary N) is 1. The number of hydrogen-bond donors (Lipinski definition) is 1. The second kappa shape index (κ2) is 9.62. The lowest BCUT2D eigenvalue weighted by Crippen LogP contribution is -2.73. The molecule has 0 aromatic heterocycles. The molecule has 2 fully saturated rings. The molecule has 0 spiro atoms. The number of amidine groups is 1. The fraction of sp³-hybridized carbons (Fsp3) is 0.231. The Balaban J connectivity index is 1.65. The predicted octanol–water partition coefficient (Wildman–Crippen LogP) is 2.62. The van der Waals surface area contributed by atoms with Crippen LogP contribution in [0.15, 0.2) is 59.7 Å². The van der Waals surface area contributed by atoms with Gasteiger partial charge in [0.25, 0.3) is 5.91 Å². The number of nitrogens with zero attached hydrogens (tertiary/aromatic N) is 4. The molecule has 184 valence electrons. The number of aliphatic imine (C=N–C) groups is 1. The predicted molar refractivity (Wildman–Crippen MR) is 130 cm³/mol. The number of fused-ring (bicyclic) bond motifs is 1. The maximum atomic E-state index is 15.1. The summed E-state index contributed by atoms with van der Waals surface area (Å²) in [5.41, 5.74) is 3.79. The van der Waals surface area contributed by atoms with E-state index in [1.54, 1.807) is 24.3 Å². The van der Waals surface area contributed by atoms with Crippen molar-refractivity contribution in [3.05, 3.63) is 77.5 Å². The third-order valence-corrected chi connectivity index (χ3v) is 6.13. The van der Waals surface area contributed by atoms with Crippen LogP contribution in [-0.4, -0.2) is 59.2 Å². The zero-order valence-corrected chi connectivity index (χ0v) is 19.7. The smallest absolute Gasteiger partial charge is 0.332 e. The molecule has 1 unspecified atom stereocenters. The summed E-state index contributed by atoms with van der Waals surface area (Å²) < 4.78 is 30.2. The first-order valence-corrected chi connectivity index (χ1v) is 11.1. The van der Waals surface area contributed by atoms with Crippen LogP contribution in [0.1, 0.15) is 24.5 Å². The molecule has 0 radical (unpaired) electrons. The van der Waals surface area contributed by atoms with Crippen LogP contribution in [0, 0.1) is 23.5 Å². The zero-order chi connectivity index (χ0) is 26.0. The van der Waals surface area contributed by atoms with Crippen molar-refractivity contribution in [1.82, 2.24) is 9.80 Å². The Labute approximate surface area is 206 Å². The van der Waals surface area contributed by atoms with Gasteiger partial charge in [0.05, 0.1) is 6.42 Å². The first-order chi connectivity index (χ1) is 17.2. The van der Waals surface area contributed by atoms with Gasteiger partial charge in [0.1, 0.15) is 17.1 Å². The number of halogens is 2. The molecule has 0 bridgehead atoms. The molecule has 2 heterocycles. The topological polar surface area (TPSA) is 99.3 Å². The van der Waals surface area contributed by atoms with E-state index in [1.165, 1.54) is 31.1 Å². The fourth-order valence-electron chi connectivity index (χ4n) is 4.36. The van der Waals surface area contributed by atoms with Crippen molar-refractivity contribution in [2.24, 2.45) is 10.7 Å². The number of urea groups is 1. The Hall–Kier alpha value is -4.52. The Morgan fingerprint density at radius 3 is 2.31 bits per heavy atom. The van der Waals surface area contributed by atoms with Gasteiger partial charge in [-0.25, -0.2) is 18.5 Å². The van der Waals surface area contributed by atoms with E-state index >= 15 is 8.78 Å². The van der Waals surface area contributed by atoms with Crippen LogP contribution in [-0.2, 0) is 9.59 Å². The molecule has 2 aromatic carbocycles. The highest BCUT2D eigenvalue weighted by Gasteiger charge is 2.56. The number of hydrogen-bond acceptors (Lipinski definition) is 5. The minimum atomic E-state index is -1.55. The summed E-state index contributed by atoms with van der Waals surface area (Å²) in [6, 6.07) is 9.84. The van der Waals surface area contributed by atoms with Crippen molar-refractivity contribution in [3.63, 3.8) is 0 Å². The van der Waals surface area contributed by atoms with E-state index in [9.17, 15) is 14.4 Å². The van der Waals surface area contributed by atoms with E-state index in [4.69, 9.17) is 5.73 Å². The maximum absolute atomic E-state index is 15.1. The van der Waals surface area contributed by atoms with Crippen LogP contribution in [0.3, 0.4) is 0 Å². The van der Waals surface area contributed by atoms with Gasteiger partial charge in [-0.05, 0) is 43.5 Å². The third-order valence-electron chi connectivity index (χ3n) is 6.13. The minimum absolute atomic E-state index is 0.0200. The Morgan fingerprint density at radius 2 is 1.69 bits per heavy atom. The van der Waals surface area contributed by atoms with Gasteiger partial charge in [0.2, 0.25) is 5.91 Å². The Morgan fingerprint density at radius 1 is 1.06 bits per heavy atom. The average Bonchev–Trinajstić information content (AvgIpc) is 2.85. The first-order valence-electron chi connectivity index (χ1n) is 11.1. The standard InChI is InChI=1S/C26H23F2N5O3/c1-26-16-22(34)33(25(36)32(26)13-12-31(24(26)35)21(30-2)10-11-29)23-19(27)14-18(15-20(23)28)9-8-17-6-4-3-5-7-17/h3-7,10-11,14-15H,12-13,16,29H2,1-2H3. The van der Waals surface area contributed by atoms with E-state index in [-0.39, 0.29) is 24.5 Å². The van der Waals surface area contributed by atoms with Gasteiger partial charge in [0.15, 0.2) is 11.6 Å². The lowest BCUT2D eigenvalue weighted by molar-refractivity contribution is -0.147. The summed E-state index contributed by atoms with van der Waals surface area (Å²) >= 11 is 0. The number of carbonyl (C=O) groups excluding carboxylic acids is 3. The van der Waals surface area contributed by atoms with Crippen molar-refractivity contribution in [2.75, 3.05) is 25.0 Å². The number of piperazine rings is 1. The molecule has 4 amide bonds. The minimum Gasteiger partial charge on any atom is -0.404 e. The van der Waals surface area contributed by atoms with Crippen LogP contribution >= 0.6 is 0 Å². The quantitative estimate of drug-likeness (QED) is 0.397. The molecule has 2 aromatic rings. The number of carbonyl (C=O) groups is 3. The maximum Gasteiger partial charge on any atom is 0.332 e. The van der Waals surface area contributed by atoms with Crippen molar-refractivity contribution >= 4 is 29.4 Å². The fourth-order valence-corrected chi connectivity index (χ4v) is 4.36. The van der Waals surface area contributed by atoms with Gasteiger partial charge in [-0.2, -0.15) is 0 Å². The number of imide groups is 1. The van der Waals surface area contributed by atoms with Gasteiger partial charge in [-0.1, -0.05) is 30.0 Å². The summed E-state index contributed by atoms with van der Waals surface area (Å²) in [6.45, 7) is 1.54. The highest BCUT2D eigenvalue weighted by molar-refractivity contribution is 6.20. The van der Waals surface area contributed by atoms with Crippen molar-refractivity contribution in [3.8, 4) is 11.8 Å². The average molecular weight is 491 g/mol. The Kier molecular flexibility index (Phi) is 6.57. The molecule has 2 aliphatic rings. The summed E-state index contributed by atoms with van der Waals surface area (Å²) in [7, 11) is 1.48. The molecule has 1 atom stereocenters. The molecule has 36 heavy (non-hydrogen) atoms. The second-order valence-corrected chi connectivity index (χ2v) is 8.42. The Bertz CT molecular complexity index is 1340. The van der Waals surface area contributed by atoms with E-state index in [1.807, 2.05) is 6.07 Å². The highest BCUT2D eigenvalue weighted by atomic mass is 19.1. The van der Waals surface area contributed by atoms with Crippen molar-refractivity contribution < 1.29 is 23.2 Å². The van der Waals surface area contributed by atoms with Crippen LogP contribution in [0.2, 0.25) is 0 Å². The summed E-state index contributed by atoms with van der Waals surface area (Å²) in [5.74, 6) is 2.08. The third kappa shape index (κ3) is 4.20. The summed E-state index contributed by atoms with van der Waals surface area (Å²) in [5, 5.41) is 0. The molecule has 8 nitrogen and oxygen atoms in total. The lowest BCUT2D eigenvalue weighted by Gasteiger charge is -2.51. The molecule has 2 N–H and O–H groups in total. The van der Waals surface area contributed by atoms with Gasteiger partial charge < -0.3 is 10.6 Å². The van der Waals surface area contributed by atoms with Crippen LogP contribution in [0.5, 0.6) is 0 Å². The lowest BCUT2D eigenvalue weighted by atomic mass is 9.88. The highest BCUT2D eigenvalue weighted by Crippen LogP contribution is 2.37. The van der Waals surface area contributed by atoms with Gasteiger partial charge >= 0.3 is 6.03 Å².